The zero-order valence-corrected chi connectivity index (χ0v) is 8.80. The quantitative estimate of drug-likeness (QED) is 0.675. The first-order valence-corrected chi connectivity index (χ1v) is 5.05. The number of hydrogen-bond donors (Lipinski definition) is 1. The Labute approximate surface area is 80.6 Å². The van der Waals surface area contributed by atoms with Crippen LogP contribution >= 0.6 is 0 Å². The highest BCUT2D eigenvalue weighted by atomic mass is 16.3. The molecule has 2 nitrogen and oxygen atoms in total. The standard InChI is InChI=1S/C11H19NO/c1-9-5-4-6-11(7-9,8-12)10(2,3)13/h9,13H,4-7H2,1-3H3. The van der Waals surface area contributed by atoms with Crippen molar-refractivity contribution in [3.63, 3.8) is 0 Å². The van der Waals surface area contributed by atoms with E-state index in [2.05, 4.69) is 13.0 Å². The largest absolute Gasteiger partial charge is 0.389 e. The second-order valence-corrected chi connectivity index (χ2v) is 4.95. The highest BCUT2D eigenvalue weighted by Gasteiger charge is 2.46. The number of rotatable bonds is 1. The van der Waals surface area contributed by atoms with Crippen LogP contribution in [0.5, 0.6) is 0 Å². The first-order chi connectivity index (χ1) is 5.91. The maximum Gasteiger partial charge on any atom is 0.0857 e. The van der Waals surface area contributed by atoms with Crippen LogP contribution in [0, 0.1) is 22.7 Å². The molecule has 1 rings (SSSR count). The van der Waals surface area contributed by atoms with E-state index >= 15 is 0 Å². The molecule has 0 radical (unpaired) electrons. The molecule has 1 fully saturated rings. The van der Waals surface area contributed by atoms with Crippen molar-refractivity contribution in [3.05, 3.63) is 0 Å². The third-order valence-electron chi connectivity index (χ3n) is 3.38. The summed E-state index contributed by atoms with van der Waals surface area (Å²) in [5.74, 6) is 0.569. The molecule has 74 valence electrons. The second kappa shape index (κ2) is 3.31. The summed E-state index contributed by atoms with van der Waals surface area (Å²) < 4.78 is 0. The lowest BCUT2D eigenvalue weighted by atomic mass is 9.63. The summed E-state index contributed by atoms with van der Waals surface area (Å²) >= 11 is 0. The highest BCUT2D eigenvalue weighted by molar-refractivity contribution is 5.10. The summed E-state index contributed by atoms with van der Waals surface area (Å²) in [5, 5.41) is 19.2. The van der Waals surface area contributed by atoms with Crippen molar-refractivity contribution in [3.8, 4) is 6.07 Å². The van der Waals surface area contributed by atoms with E-state index in [1.54, 1.807) is 13.8 Å². The molecule has 2 heteroatoms. The smallest absolute Gasteiger partial charge is 0.0857 e. The topological polar surface area (TPSA) is 44.0 Å². The average molecular weight is 181 g/mol. The molecule has 0 amide bonds. The van der Waals surface area contributed by atoms with Gasteiger partial charge in [-0.15, -0.1) is 0 Å². The van der Waals surface area contributed by atoms with Crippen LogP contribution in [0.3, 0.4) is 0 Å². The lowest BCUT2D eigenvalue weighted by Crippen LogP contribution is -2.45. The van der Waals surface area contributed by atoms with Gasteiger partial charge < -0.3 is 5.11 Å². The van der Waals surface area contributed by atoms with Crippen LogP contribution in [0.4, 0.5) is 0 Å². The molecule has 0 saturated heterocycles. The Kier molecular flexibility index (Phi) is 2.68. The molecule has 1 aliphatic rings. The Bertz CT molecular complexity index is 223. The maximum atomic E-state index is 9.99. The molecule has 0 spiro atoms. The first-order valence-electron chi connectivity index (χ1n) is 5.05. The molecule has 0 aromatic heterocycles. The summed E-state index contributed by atoms with van der Waals surface area (Å²) in [7, 11) is 0. The fourth-order valence-electron chi connectivity index (χ4n) is 2.35. The molecule has 1 saturated carbocycles. The number of aliphatic hydroxyl groups is 1. The minimum atomic E-state index is -0.865. The van der Waals surface area contributed by atoms with E-state index in [0.717, 1.165) is 19.3 Å². The molecular weight excluding hydrogens is 162 g/mol. The molecule has 0 aromatic rings. The number of nitrogens with zero attached hydrogens (tertiary/aromatic N) is 1. The van der Waals surface area contributed by atoms with Crippen molar-refractivity contribution in [1.82, 2.24) is 0 Å². The fraction of sp³-hybridized carbons (Fsp3) is 0.909. The normalized spacial score (nSPS) is 35.5. The van der Waals surface area contributed by atoms with Gasteiger partial charge in [0.25, 0.3) is 0 Å². The predicted octanol–water partition coefficient (Wildman–Crippen LogP) is 2.48. The molecule has 0 aliphatic heterocycles. The van der Waals surface area contributed by atoms with E-state index in [9.17, 15) is 10.4 Å². The third kappa shape index (κ3) is 1.86. The van der Waals surface area contributed by atoms with Gasteiger partial charge in [0.1, 0.15) is 0 Å². The minimum Gasteiger partial charge on any atom is -0.389 e. The SMILES string of the molecule is CC1CCCC(C#N)(C(C)(C)O)C1. The minimum absolute atomic E-state index is 0.509. The van der Waals surface area contributed by atoms with Crippen LogP contribution in [0.1, 0.15) is 46.5 Å². The summed E-state index contributed by atoms with van der Waals surface area (Å²) in [5.41, 5.74) is -1.37. The van der Waals surface area contributed by atoms with Gasteiger partial charge in [0, 0.05) is 0 Å². The summed E-state index contributed by atoms with van der Waals surface area (Å²) in [4.78, 5) is 0. The van der Waals surface area contributed by atoms with Gasteiger partial charge in [0.05, 0.1) is 17.1 Å². The molecule has 0 aromatic carbocycles. The van der Waals surface area contributed by atoms with Gasteiger partial charge in [-0.2, -0.15) is 5.26 Å². The van der Waals surface area contributed by atoms with Gasteiger partial charge in [-0.25, -0.2) is 0 Å². The van der Waals surface area contributed by atoms with Crippen LogP contribution in [0.25, 0.3) is 0 Å². The van der Waals surface area contributed by atoms with Crippen molar-refractivity contribution in [1.29, 1.82) is 5.26 Å². The van der Waals surface area contributed by atoms with Crippen LogP contribution in [-0.2, 0) is 0 Å². The summed E-state index contributed by atoms with van der Waals surface area (Å²) in [6.45, 7) is 5.68. The molecule has 2 unspecified atom stereocenters. The molecule has 0 bridgehead atoms. The van der Waals surface area contributed by atoms with Crippen molar-refractivity contribution in [2.24, 2.45) is 11.3 Å². The molecule has 2 atom stereocenters. The van der Waals surface area contributed by atoms with Crippen LogP contribution in [-0.4, -0.2) is 10.7 Å². The zero-order chi connectivity index (χ0) is 10.1. The Morgan fingerprint density at radius 2 is 2.15 bits per heavy atom. The summed E-state index contributed by atoms with van der Waals surface area (Å²) in [6.07, 6.45) is 3.95. The second-order valence-electron chi connectivity index (χ2n) is 4.95. The van der Waals surface area contributed by atoms with Crippen LogP contribution < -0.4 is 0 Å². The monoisotopic (exact) mass is 181 g/mol. The van der Waals surface area contributed by atoms with Gasteiger partial charge in [0.2, 0.25) is 0 Å². The third-order valence-corrected chi connectivity index (χ3v) is 3.38. The maximum absolute atomic E-state index is 9.99. The average Bonchev–Trinajstić information content (AvgIpc) is 2.02. The van der Waals surface area contributed by atoms with Gasteiger partial charge in [0.15, 0.2) is 0 Å². The Hall–Kier alpha value is -0.550. The molecule has 0 heterocycles. The lowest BCUT2D eigenvalue weighted by Gasteiger charge is -2.42. The van der Waals surface area contributed by atoms with E-state index in [1.807, 2.05) is 0 Å². The number of nitriles is 1. The van der Waals surface area contributed by atoms with Gasteiger partial charge >= 0.3 is 0 Å². The van der Waals surface area contributed by atoms with E-state index in [0.29, 0.717) is 5.92 Å². The van der Waals surface area contributed by atoms with Crippen LogP contribution in [0.15, 0.2) is 0 Å². The van der Waals surface area contributed by atoms with E-state index in [4.69, 9.17) is 0 Å². The predicted molar refractivity (Wildman–Crippen MR) is 52.0 cm³/mol. The fourth-order valence-corrected chi connectivity index (χ4v) is 2.35. The van der Waals surface area contributed by atoms with Crippen molar-refractivity contribution >= 4 is 0 Å². The van der Waals surface area contributed by atoms with Crippen LogP contribution in [0.2, 0.25) is 0 Å². The number of hydrogen-bond acceptors (Lipinski definition) is 2. The molecule has 1 N–H and O–H groups in total. The van der Waals surface area contributed by atoms with Gasteiger partial charge in [-0.1, -0.05) is 19.8 Å². The Morgan fingerprint density at radius 3 is 2.46 bits per heavy atom. The Balaban J connectivity index is 2.88. The van der Waals surface area contributed by atoms with Crippen molar-refractivity contribution < 1.29 is 5.11 Å². The highest BCUT2D eigenvalue weighted by Crippen LogP contribution is 2.46. The Morgan fingerprint density at radius 1 is 1.54 bits per heavy atom. The van der Waals surface area contributed by atoms with E-state index in [-0.39, 0.29) is 0 Å². The van der Waals surface area contributed by atoms with E-state index in [1.165, 1.54) is 6.42 Å². The summed E-state index contributed by atoms with van der Waals surface area (Å²) in [6, 6.07) is 2.34. The van der Waals surface area contributed by atoms with Crippen molar-refractivity contribution in [2.75, 3.05) is 0 Å². The first kappa shape index (κ1) is 10.5. The zero-order valence-electron chi connectivity index (χ0n) is 8.80. The van der Waals surface area contributed by atoms with Gasteiger partial charge in [-0.3, -0.25) is 0 Å². The molecule has 1 aliphatic carbocycles. The van der Waals surface area contributed by atoms with E-state index < -0.39 is 11.0 Å². The lowest BCUT2D eigenvalue weighted by molar-refractivity contribution is -0.0511. The van der Waals surface area contributed by atoms with Gasteiger partial charge in [-0.05, 0) is 32.6 Å². The molecular formula is C11H19NO. The van der Waals surface area contributed by atoms with Crippen molar-refractivity contribution in [2.45, 2.75) is 52.1 Å². The molecule has 13 heavy (non-hydrogen) atoms.